The van der Waals surface area contributed by atoms with Gasteiger partial charge in [-0.2, -0.15) is 0 Å². The molecule has 0 saturated heterocycles. The van der Waals surface area contributed by atoms with Gasteiger partial charge in [-0.25, -0.2) is 0 Å². The number of amides is 1. The first-order chi connectivity index (χ1) is 11.3. The maximum absolute atomic E-state index is 11.9. The Kier molecular flexibility index (Phi) is 7.11. The van der Waals surface area contributed by atoms with Crippen LogP contribution in [0, 0.1) is 12.8 Å². The van der Waals surface area contributed by atoms with Gasteiger partial charge in [0.15, 0.2) is 0 Å². The maximum Gasteiger partial charge on any atom is 0.253 e. The molecule has 1 aromatic rings. The molecule has 0 heterocycles. The Morgan fingerprint density at radius 3 is 2.67 bits per heavy atom. The summed E-state index contributed by atoms with van der Waals surface area (Å²) in [5, 5.41) is 15.5. The number of nitrogen functional groups attached to an aromatic ring is 1. The van der Waals surface area contributed by atoms with Crippen molar-refractivity contribution in [1.29, 1.82) is 0 Å². The van der Waals surface area contributed by atoms with Crippen molar-refractivity contribution >= 4 is 11.6 Å². The zero-order valence-electron chi connectivity index (χ0n) is 14.8. The number of carbonyl (C=O) groups is 1. The summed E-state index contributed by atoms with van der Waals surface area (Å²) in [6.07, 6.45) is 5.67. The maximum atomic E-state index is 11.9. The predicted molar refractivity (Wildman–Crippen MR) is 99.7 cm³/mol. The van der Waals surface area contributed by atoms with Crippen molar-refractivity contribution in [3.8, 4) is 0 Å². The highest BCUT2D eigenvalue weighted by atomic mass is 16.3. The van der Waals surface area contributed by atoms with Crippen LogP contribution in [0.4, 0.5) is 5.69 Å². The van der Waals surface area contributed by atoms with Crippen molar-refractivity contribution < 1.29 is 9.90 Å². The number of anilines is 1. The highest BCUT2D eigenvalue weighted by Crippen LogP contribution is 2.22. The molecule has 130 valence electrons. The minimum atomic E-state index is -0.231. The van der Waals surface area contributed by atoms with Gasteiger partial charge in [0.05, 0.1) is 17.2 Å². The van der Waals surface area contributed by atoms with Gasteiger partial charge in [-0.05, 0) is 44.0 Å². The van der Waals surface area contributed by atoms with E-state index >= 15 is 0 Å². The Balaban J connectivity index is 3.09. The second-order valence-electron chi connectivity index (χ2n) is 5.68. The lowest BCUT2D eigenvalue weighted by atomic mass is 10.0. The number of aryl methyl sites for hydroxylation is 1. The molecule has 5 nitrogen and oxygen atoms in total. The van der Waals surface area contributed by atoms with Gasteiger partial charge in [-0.1, -0.05) is 24.8 Å². The van der Waals surface area contributed by atoms with Crippen molar-refractivity contribution in [2.75, 3.05) is 12.8 Å². The van der Waals surface area contributed by atoms with Crippen LogP contribution in [0.15, 0.2) is 48.4 Å². The molecule has 24 heavy (non-hydrogen) atoms. The Hall–Kier alpha value is -2.69. The summed E-state index contributed by atoms with van der Waals surface area (Å²) in [6.45, 7) is 9.73. The molecule has 0 aliphatic rings. The summed E-state index contributed by atoms with van der Waals surface area (Å²) in [6, 6.07) is 3.72. The minimum Gasteiger partial charge on any atom is -0.512 e. The molecule has 1 unspecified atom stereocenters. The second-order valence-corrected chi connectivity index (χ2v) is 5.68. The van der Waals surface area contributed by atoms with Crippen LogP contribution in [0.2, 0.25) is 0 Å². The number of aliphatic hydroxyl groups is 1. The summed E-state index contributed by atoms with van der Waals surface area (Å²) in [7, 11) is 1.58. The van der Waals surface area contributed by atoms with Gasteiger partial charge >= 0.3 is 0 Å². The van der Waals surface area contributed by atoms with E-state index in [1.165, 1.54) is 0 Å². The predicted octanol–water partition coefficient (Wildman–Crippen LogP) is 3.19. The number of nitrogens with two attached hydrogens (primary N) is 1. The highest BCUT2D eigenvalue weighted by Gasteiger charge is 2.15. The molecule has 0 saturated carbocycles. The number of nitrogens with one attached hydrogen (secondary N) is 2. The Bertz CT molecular complexity index is 675. The van der Waals surface area contributed by atoms with Crippen molar-refractivity contribution in [3.63, 3.8) is 0 Å². The minimum absolute atomic E-state index is 0.0847. The van der Waals surface area contributed by atoms with E-state index in [0.717, 1.165) is 16.8 Å². The molecule has 5 N–H and O–H groups in total. The molecule has 1 rings (SSSR count). The Morgan fingerprint density at radius 2 is 2.12 bits per heavy atom. The molecule has 5 heteroatoms. The summed E-state index contributed by atoms with van der Waals surface area (Å²) in [4.78, 5) is 11.9. The largest absolute Gasteiger partial charge is 0.512 e. The van der Waals surface area contributed by atoms with E-state index in [1.54, 1.807) is 13.1 Å². The van der Waals surface area contributed by atoms with Crippen molar-refractivity contribution in [2.45, 2.75) is 27.3 Å². The van der Waals surface area contributed by atoms with Gasteiger partial charge < -0.3 is 21.5 Å². The lowest BCUT2D eigenvalue weighted by Gasteiger charge is -2.19. The van der Waals surface area contributed by atoms with E-state index in [4.69, 9.17) is 5.73 Å². The Morgan fingerprint density at radius 1 is 1.46 bits per heavy atom. The van der Waals surface area contributed by atoms with Crippen molar-refractivity contribution in [2.24, 2.45) is 5.92 Å². The van der Waals surface area contributed by atoms with E-state index in [-0.39, 0.29) is 17.6 Å². The van der Waals surface area contributed by atoms with Gasteiger partial charge in [0.1, 0.15) is 0 Å². The smallest absolute Gasteiger partial charge is 0.253 e. The molecule has 0 bridgehead atoms. The third kappa shape index (κ3) is 4.91. The molecule has 0 aliphatic carbocycles. The van der Waals surface area contributed by atoms with Crippen LogP contribution in [-0.4, -0.2) is 18.1 Å². The van der Waals surface area contributed by atoms with Crippen molar-refractivity contribution in [1.82, 2.24) is 10.6 Å². The van der Waals surface area contributed by atoms with Gasteiger partial charge in [0.25, 0.3) is 5.91 Å². The number of aliphatic hydroxyl groups excluding tert-OH is 1. The monoisotopic (exact) mass is 329 g/mol. The normalized spacial score (nSPS) is 12.9. The van der Waals surface area contributed by atoms with E-state index in [9.17, 15) is 9.90 Å². The lowest BCUT2D eigenvalue weighted by Crippen LogP contribution is -2.23. The van der Waals surface area contributed by atoms with Crippen LogP contribution < -0.4 is 16.4 Å². The molecule has 1 aromatic carbocycles. The van der Waals surface area contributed by atoms with Gasteiger partial charge in [-0.15, -0.1) is 0 Å². The number of benzene rings is 1. The number of allylic oxidation sites excluding steroid dienone is 3. The fourth-order valence-corrected chi connectivity index (χ4v) is 2.27. The van der Waals surface area contributed by atoms with Crippen LogP contribution in [-0.2, 0) is 6.54 Å². The fraction of sp³-hybridized carbons (Fsp3) is 0.316. The first-order valence-electron chi connectivity index (χ1n) is 7.87. The molecule has 0 fully saturated rings. The first-order valence-corrected chi connectivity index (χ1v) is 7.87. The Labute approximate surface area is 144 Å². The van der Waals surface area contributed by atoms with E-state index < -0.39 is 0 Å². The molecule has 0 radical (unpaired) electrons. The zero-order chi connectivity index (χ0) is 18.3. The van der Waals surface area contributed by atoms with Crippen LogP contribution >= 0.6 is 0 Å². The second kappa shape index (κ2) is 8.82. The molecule has 1 atom stereocenters. The topological polar surface area (TPSA) is 87.4 Å². The highest BCUT2D eigenvalue weighted by molar-refractivity contribution is 5.99. The van der Waals surface area contributed by atoms with Crippen LogP contribution in [0.25, 0.3) is 0 Å². The van der Waals surface area contributed by atoms with Gasteiger partial charge in [-0.3, -0.25) is 4.79 Å². The van der Waals surface area contributed by atoms with E-state index in [1.807, 2.05) is 45.1 Å². The zero-order valence-corrected chi connectivity index (χ0v) is 14.8. The molecule has 0 aromatic heterocycles. The number of hydrogen-bond donors (Lipinski definition) is 4. The number of rotatable bonds is 7. The molecular formula is C19H27N3O2. The molecule has 1 amide bonds. The third-order valence-electron chi connectivity index (χ3n) is 3.80. The summed E-state index contributed by atoms with van der Waals surface area (Å²) in [5.74, 6) is -0.355. The standard InChI is InChI=1S/C19H27N3O2/c1-6-7-8-17(13(3)14(4)23)22-11-15-9-12(2)10-16(18(15)20)19(24)21-5/h6-10,13,22-23H,4,11,20H2,1-3,5H3,(H,21,24)/b7-6-,17-8+. The average molecular weight is 329 g/mol. The summed E-state index contributed by atoms with van der Waals surface area (Å²) < 4.78 is 0. The van der Waals surface area contributed by atoms with Crippen LogP contribution in [0.5, 0.6) is 0 Å². The summed E-state index contributed by atoms with van der Waals surface area (Å²) >= 11 is 0. The van der Waals surface area contributed by atoms with Gasteiger partial charge in [0, 0.05) is 25.0 Å². The summed E-state index contributed by atoms with van der Waals surface area (Å²) in [5.41, 5.74) is 9.68. The SMILES string of the molecule is C=C(O)C(C)/C(=C\C=C/C)NCc1cc(C)cc(C(=O)NC)c1N. The molecule has 0 aliphatic heterocycles. The third-order valence-corrected chi connectivity index (χ3v) is 3.80. The van der Waals surface area contributed by atoms with E-state index in [2.05, 4.69) is 17.2 Å². The lowest BCUT2D eigenvalue weighted by molar-refractivity contribution is 0.0964. The quantitative estimate of drug-likeness (QED) is 0.351. The molecule has 0 spiro atoms. The number of hydrogen-bond acceptors (Lipinski definition) is 4. The van der Waals surface area contributed by atoms with E-state index in [0.29, 0.717) is 17.8 Å². The van der Waals surface area contributed by atoms with Crippen molar-refractivity contribution in [3.05, 3.63) is 65.1 Å². The fourth-order valence-electron chi connectivity index (χ4n) is 2.27. The number of carbonyl (C=O) groups excluding carboxylic acids is 1. The molecular weight excluding hydrogens is 302 g/mol. The van der Waals surface area contributed by atoms with Crippen LogP contribution in [0.1, 0.15) is 35.3 Å². The first kappa shape index (κ1) is 19.4. The average Bonchev–Trinajstić information content (AvgIpc) is 2.55. The van der Waals surface area contributed by atoms with Gasteiger partial charge in [0.2, 0.25) is 0 Å². The van der Waals surface area contributed by atoms with Crippen LogP contribution in [0.3, 0.4) is 0 Å².